The topological polar surface area (TPSA) is 80.2 Å². The highest BCUT2D eigenvalue weighted by molar-refractivity contribution is 5.80. The number of nitrogens with zero attached hydrogens (tertiary/aromatic N) is 4. The molecule has 3 atom stereocenters. The second kappa shape index (κ2) is 7.90. The molecule has 0 radical (unpaired) electrons. The van der Waals surface area contributed by atoms with Crippen LogP contribution in [-0.2, 0) is 11.2 Å². The van der Waals surface area contributed by atoms with E-state index in [1.165, 1.54) is 0 Å². The standard InChI is InChI=1S/C20H25N5O2/c1-27-16-11-23-20(24-12-16)25-8-5-15-9-17(18(15)13-25)19(26)22-7-4-14-3-2-6-21-10-14/h2-3,6,10-12,15,17-18H,4-5,7-9,13H2,1H3,(H,22,26)/t15-,17-,18-/m1/s1. The van der Waals surface area contributed by atoms with Gasteiger partial charge in [0, 0.05) is 37.9 Å². The number of rotatable bonds is 6. The van der Waals surface area contributed by atoms with E-state index in [0.717, 1.165) is 43.9 Å². The van der Waals surface area contributed by atoms with E-state index in [1.807, 2.05) is 18.3 Å². The first-order valence-electron chi connectivity index (χ1n) is 9.52. The summed E-state index contributed by atoms with van der Waals surface area (Å²) in [6.07, 6.45) is 9.90. The average molecular weight is 367 g/mol. The predicted molar refractivity (Wildman–Crippen MR) is 101 cm³/mol. The lowest BCUT2D eigenvalue weighted by atomic mass is 9.61. The molecular weight excluding hydrogens is 342 g/mol. The van der Waals surface area contributed by atoms with Gasteiger partial charge in [0.1, 0.15) is 0 Å². The van der Waals surface area contributed by atoms with E-state index in [-0.39, 0.29) is 11.8 Å². The molecule has 7 nitrogen and oxygen atoms in total. The lowest BCUT2D eigenvalue weighted by Gasteiger charge is -2.50. The number of piperidine rings is 1. The molecule has 2 fully saturated rings. The molecule has 1 aliphatic carbocycles. The quantitative estimate of drug-likeness (QED) is 0.837. The van der Waals surface area contributed by atoms with E-state index >= 15 is 0 Å². The van der Waals surface area contributed by atoms with Crippen LogP contribution in [0.4, 0.5) is 5.95 Å². The van der Waals surface area contributed by atoms with Crippen molar-refractivity contribution in [3.05, 3.63) is 42.5 Å². The minimum atomic E-state index is 0.102. The molecule has 2 aliphatic rings. The number of pyridine rings is 1. The number of fused-ring (bicyclic) bond motifs is 1. The summed E-state index contributed by atoms with van der Waals surface area (Å²) in [5.74, 6) is 2.69. The molecule has 3 heterocycles. The summed E-state index contributed by atoms with van der Waals surface area (Å²) >= 11 is 0. The molecule has 1 N–H and O–H groups in total. The van der Waals surface area contributed by atoms with Crippen LogP contribution in [0.2, 0.25) is 0 Å². The third-order valence-corrected chi connectivity index (χ3v) is 5.79. The van der Waals surface area contributed by atoms with Crippen LogP contribution in [0.15, 0.2) is 36.9 Å². The van der Waals surface area contributed by atoms with Crippen LogP contribution in [0.3, 0.4) is 0 Å². The molecule has 7 heteroatoms. The number of hydrogen-bond acceptors (Lipinski definition) is 6. The monoisotopic (exact) mass is 367 g/mol. The first kappa shape index (κ1) is 17.7. The maximum atomic E-state index is 12.6. The van der Waals surface area contributed by atoms with Crippen molar-refractivity contribution in [1.82, 2.24) is 20.3 Å². The lowest BCUT2D eigenvalue weighted by molar-refractivity contribution is -0.133. The van der Waals surface area contributed by atoms with Crippen molar-refractivity contribution in [3.8, 4) is 5.75 Å². The maximum Gasteiger partial charge on any atom is 0.225 e. The molecule has 2 aromatic heterocycles. The Kier molecular flexibility index (Phi) is 5.18. The fraction of sp³-hybridized carbons (Fsp3) is 0.500. The summed E-state index contributed by atoms with van der Waals surface area (Å²) in [6, 6.07) is 3.96. The van der Waals surface area contributed by atoms with Crippen molar-refractivity contribution < 1.29 is 9.53 Å². The minimum absolute atomic E-state index is 0.102. The smallest absolute Gasteiger partial charge is 0.225 e. The molecule has 0 bridgehead atoms. The van der Waals surface area contributed by atoms with Crippen molar-refractivity contribution >= 4 is 11.9 Å². The fourth-order valence-corrected chi connectivity index (χ4v) is 4.15. The highest BCUT2D eigenvalue weighted by atomic mass is 16.5. The van der Waals surface area contributed by atoms with Crippen molar-refractivity contribution in [2.45, 2.75) is 19.3 Å². The zero-order valence-corrected chi connectivity index (χ0v) is 15.5. The van der Waals surface area contributed by atoms with Gasteiger partial charge >= 0.3 is 0 Å². The second-order valence-corrected chi connectivity index (χ2v) is 7.33. The van der Waals surface area contributed by atoms with Gasteiger partial charge in [-0.05, 0) is 42.7 Å². The number of amides is 1. The molecule has 1 aliphatic heterocycles. The number of ether oxygens (including phenoxy) is 1. The van der Waals surface area contributed by atoms with Crippen molar-refractivity contribution in [1.29, 1.82) is 0 Å². The van der Waals surface area contributed by atoms with Gasteiger partial charge in [-0.15, -0.1) is 0 Å². The number of hydrogen-bond donors (Lipinski definition) is 1. The SMILES string of the molecule is COc1cnc(N2CC[C@@H]3C[C@@H](C(=O)NCCc4cccnc4)[C@@H]3C2)nc1. The molecule has 0 spiro atoms. The van der Waals surface area contributed by atoms with Crippen LogP contribution in [0.25, 0.3) is 0 Å². The van der Waals surface area contributed by atoms with E-state index in [0.29, 0.717) is 24.1 Å². The number of anilines is 1. The van der Waals surface area contributed by atoms with Gasteiger partial charge in [0.25, 0.3) is 0 Å². The number of nitrogens with one attached hydrogen (secondary N) is 1. The van der Waals surface area contributed by atoms with Crippen LogP contribution < -0.4 is 15.0 Å². The van der Waals surface area contributed by atoms with E-state index in [1.54, 1.807) is 25.7 Å². The molecular formula is C20H25N5O2. The van der Waals surface area contributed by atoms with Gasteiger partial charge in [-0.1, -0.05) is 6.07 Å². The van der Waals surface area contributed by atoms with E-state index in [4.69, 9.17) is 4.74 Å². The summed E-state index contributed by atoms with van der Waals surface area (Å²) in [5, 5.41) is 3.10. The molecule has 2 aromatic rings. The molecule has 142 valence electrons. The van der Waals surface area contributed by atoms with Gasteiger partial charge in [-0.2, -0.15) is 0 Å². The summed E-state index contributed by atoms with van der Waals surface area (Å²) < 4.78 is 5.12. The highest BCUT2D eigenvalue weighted by Gasteiger charge is 2.47. The van der Waals surface area contributed by atoms with E-state index < -0.39 is 0 Å². The largest absolute Gasteiger partial charge is 0.494 e. The van der Waals surface area contributed by atoms with Gasteiger partial charge in [0.05, 0.1) is 19.5 Å². The van der Waals surface area contributed by atoms with Crippen molar-refractivity contribution in [3.63, 3.8) is 0 Å². The van der Waals surface area contributed by atoms with Crippen molar-refractivity contribution in [2.24, 2.45) is 17.8 Å². The Labute approximate surface area is 159 Å². The van der Waals surface area contributed by atoms with Crippen LogP contribution in [-0.4, -0.2) is 47.6 Å². The Morgan fingerprint density at radius 2 is 2.19 bits per heavy atom. The lowest BCUT2D eigenvalue weighted by Crippen LogP contribution is -2.55. The van der Waals surface area contributed by atoms with Crippen LogP contribution in [0.1, 0.15) is 18.4 Å². The Bertz CT molecular complexity index is 768. The van der Waals surface area contributed by atoms with Gasteiger partial charge < -0.3 is 15.0 Å². The van der Waals surface area contributed by atoms with E-state index in [2.05, 4.69) is 25.2 Å². The summed E-state index contributed by atoms with van der Waals surface area (Å²) in [7, 11) is 1.61. The van der Waals surface area contributed by atoms with Crippen LogP contribution in [0.5, 0.6) is 5.75 Å². The van der Waals surface area contributed by atoms with E-state index in [9.17, 15) is 4.79 Å². The van der Waals surface area contributed by atoms with Gasteiger partial charge in [0.15, 0.2) is 5.75 Å². The molecule has 0 aromatic carbocycles. The summed E-state index contributed by atoms with van der Waals surface area (Å²) in [4.78, 5) is 27.7. The van der Waals surface area contributed by atoms with Gasteiger partial charge in [-0.25, -0.2) is 9.97 Å². The number of aromatic nitrogens is 3. The Hall–Kier alpha value is -2.70. The molecule has 27 heavy (non-hydrogen) atoms. The Morgan fingerprint density at radius 3 is 2.93 bits per heavy atom. The molecule has 0 unspecified atom stereocenters. The summed E-state index contributed by atoms with van der Waals surface area (Å²) in [5.41, 5.74) is 1.14. The minimum Gasteiger partial charge on any atom is -0.494 e. The number of methoxy groups -OCH3 is 1. The van der Waals surface area contributed by atoms with Crippen LogP contribution in [0, 0.1) is 17.8 Å². The fourth-order valence-electron chi connectivity index (χ4n) is 4.15. The summed E-state index contributed by atoms with van der Waals surface area (Å²) in [6.45, 7) is 2.45. The predicted octanol–water partition coefficient (Wildman–Crippen LogP) is 1.70. The molecule has 1 saturated heterocycles. The van der Waals surface area contributed by atoms with Gasteiger partial charge in [0.2, 0.25) is 11.9 Å². The van der Waals surface area contributed by atoms with Crippen LogP contribution >= 0.6 is 0 Å². The van der Waals surface area contributed by atoms with Crippen molar-refractivity contribution in [2.75, 3.05) is 31.6 Å². The third kappa shape index (κ3) is 3.86. The third-order valence-electron chi connectivity index (χ3n) is 5.79. The Morgan fingerprint density at radius 1 is 1.33 bits per heavy atom. The van der Waals surface area contributed by atoms with Gasteiger partial charge in [-0.3, -0.25) is 9.78 Å². The average Bonchev–Trinajstić information content (AvgIpc) is 2.70. The highest BCUT2D eigenvalue weighted by Crippen LogP contribution is 2.46. The first-order chi connectivity index (χ1) is 13.2. The Balaban J connectivity index is 1.30. The normalized spacial score (nSPS) is 23.9. The number of carbonyl (C=O) groups excluding carboxylic acids is 1. The maximum absolute atomic E-state index is 12.6. The zero-order valence-electron chi connectivity index (χ0n) is 15.5. The second-order valence-electron chi connectivity index (χ2n) is 7.33. The first-order valence-corrected chi connectivity index (χ1v) is 9.52. The molecule has 4 rings (SSSR count). The number of carbonyl (C=O) groups is 1. The molecule has 1 saturated carbocycles. The molecule has 1 amide bonds. The zero-order chi connectivity index (χ0) is 18.6.